The third-order valence-corrected chi connectivity index (χ3v) is 3.92. The molecule has 13 heteroatoms. The first kappa shape index (κ1) is 16.4. The van der Waals surface area contributed by atoms with E-state index >= 15 is 0 Å². The molecule has 0 aliphatic carbocycles. The number of aromatic nitrogens is 4. The van der Waals surface area contributed by atoms with E-state index in [2.05, 4.69) is 19.5 Å². The van der Waals surface area contributed by atoms with Crippen molar-refractivity contribution in [3.8, 4) is 0 Å². The van der Waals surface area contributed by atoms with Gasteiger partial charge in [0, 0.05) is 4.57 Å². The zero-order chi connectivity index (χ0) is 16.7. The van der Waals surface area contributed by atoms with Gasteiger partial charge < -0.3 is 20.7 Å². The Labute approximate surface area is 134 Å². The molecule has 3 heterocycles. The second-order valence-corrected chi connectivity index (χ2v) is 5.85. The molecule has 2 aromatic rings. The minimum absolute atomic E-state index is 0.0592. The molecule has 5 N–H and O–H groups in total. The fraction of sp³-hybridized carbons (Fsp3) is 0.500. The summed E-state index contributed by atoms with van der Waals surface area (Å²) in [7, 11) is -2.84. The van der Waals surface area contributed by atoms with E-state index in [-0.39, 0.29) is 28.9 Å². The number of nitrogen functional groups attached to an aromatic ring is 1. The van der Waals surface area contributed by atoms with Crippen LogP contribution >= 0.6 is 19.9 Å². The van der Waals surface area contributed by atoms with Gasteiger partial charge in [-0.05, 0) is 11.6 Å². The molecule has 5 unspecified atom stereocenters. The number of nitrogens with two attached hydrogens (primary N) is 1. The van der Waals surface area contributed by atoms with Crippen LogP contribution in [0.1, 0.15) is 6.23 Å². The SMILES string of the molecule is Nc1nc(Cl)nc2c1ncn2C1OC(CO[P+](=O)O)C(O)C1O. The second kappa shape index (κ2) is 6.21. The zero-order valence-electron chi connectivity index (χ0n) is 11.4. The Morgan fingerprint density at radius 2 is 2.17 bits per heavy atom. The summed E-state index contributed by atoms with van der Waals surface area (Å²) in [6, 6.07) is 0. The summed E-state index contributed by atoms with van der Waals surface area (Å²) in [5.74, 6) is 0.0592. The minimum Gasteiger partial charge on any atom is -0.387 e. The zero-order valence-corrected chi connectivity index (χ0v) is 13.0. The average Bonchev–Trinajstić information content (AvgIpc) is 3.00. The van der Waals surface area contributed by atoms with Gasteiger partial charge in [0.1, 0.15) is 30.4 Å². The van der Waals surface area contributed by atoms with Crippen LogP contribution < -0.4 is 5.73 Å². The van der Waals surface area contributed by atoms with Crippen molar-refractivity contribution in [2.45, 2.75) is 24.5 Å². The van der Waals surface area contributed by atoms with E-state index in [1.807, 2.05) is 0 Å². The maximum absolute atomic E-state index is 10.6. The van der Waals surface area contributed by atoms with Crippen LogP contribution in [0.15, 0.2) is 6.33 Å². The molecule has 1 saturated heterocycles. The highest BCUT2D eigenvalue weighted by Crippen LogP contribution is 2.33. The third-order valence-electron chi connectivity index (χ3n) is 3.38. The van der Waals surface area contributed by atoms with Gasteiger partial charge in [0.15, 0.2) is 17.7 Å². The molecule has 11 nitrogen and oxygen atoms in total. The summed E-state index contributed by atoms with van der Waals surface area (Å²) < 4.78 is 21.9. The molecule has 2 aromatic heterocycles. The van der Waals surface area contributed by atoms with Crippen LogP contribution in [-0.2, 0) is 13.8 Å². The Balaban J connectivity index is 1.91. The molecule has 23 heavy (non-hydrogen) atoms. The summed E-state index contributed by atoms with van der Waals surface area (Å²) in [6.07, 6.45) is -3.42. The van der Waals surface area contributed by atoms with Gasteiger partial charge in [0.2, 0.25) is 5.28 Å². The molecular weight excluding hydrogens is 353 g/mol. The molecule has 0 bridgehead atoms. The number of hydrogen-bond donors (Lipinski definition) is 4. The summed E-state index contributed by atoms with van der Waals surface area (Å²) in [5.41, 5.74) is 6.17. The number of halogens is 1. The third kappa shape index (κ3) is 3.00. The van der Waals surface area contributed by atoms with Crippen LogP contribution in [0.5, 0.6) is 0 Å². The minimum atomic E-state index is -2.84. The first-order valence-electron chi connectivity index (χ1n) is 6.34. The van der Waals surface area contributed by atoms with Crippen molar-refractivity contribution >= 4 is 36.8 Å². The van der Waals surface area contributed by atoms with Gasteiger partial charge in [-0.25, -0.2) is 4.98 Å². The summed E-state index contributed by atoms with van der Waals surface area (Å²) >= 11 is 5.76. The number of hydrogen-bond acceptors (Lipinski definition) is 9. The van der Waals surface area contributed by atoms with Crippen LogP contribution in [-0.4, -0.2) is 59.5 Å². The lowest BCUT2D eigenvalue weighted by molar-refractivity contribution is -0.0476. The number of nitrogens with zero attached hydrogens (tertiary/aromatic N) is 4. The lowest BCUT2D eigenvalue weighted by atomic mass is 10.1. The largest absolute Gasteiger partial charge is 0.694 e. The van der Waals surface area contributed by atoms with E-state index in [0.29, 0.717) is 0 Å². The van der Waals surface area contributed by atoms with Gasteiger partial charge in [0.05, 0.1) is 6.33 Å². The van der Waals surface area contributed by atoms with Crippen molar-refractivity contribution in [1.82, 2.24) is 19.5 Å². The van der Waals surface area contributed by atoms with Crippen molar-refractivity contribution in [2.75, 3.05) is 12.3 Å². The van der Waals surface area contributed by atoms with Gasteiger partial charge in [-0.15, -0.1) is 9.42 Å². The molecule has 1 fully saturated rings. The van der Waals surface area contributed by atoms with E-state index in [1.165, 1.54) is 10.9 Å². The standard InChI is InChI=1S/C10H11ClN5O6P/c11-10-14-7(12)4-8(15-10)16(2-13-4)9-6(18)5(17)3(22-9)1-21-23(19)20/h2-3,5-6,9,17-18H,1H2,(H2-,12,14,15,19,20)/p+1. The van der Waals surface area contributed by atoms with Gasteiger partial charge in [-0.1, -0.05) is 0 Å². The van der Waals surface area contributed by atoms with Crippen molar-refractivity contribution in [3.63, 3.8) is 0 Å². The van der Waals surface area contributed by atoms with E-state index in [9.17, 15) is 14.8 Å². The molecule has 3 rings (SSSR count). The lowest BCUT2D eigenvalue weighted by Gasteiger charge is -2.16. The summed E-state index contributed by atoms with van der Waals surface area (Å²) in [4.78, 5) is 20.4. The van der Waals surface area contributed by atoms with Crippen molar-refractivity contribution in [1.29, 1.82) is 0 Å². The number of imidazole rings is 1. The molecule has 0 aromatic carbocycles. The normalized spacial score (nSPS) is 28.4. The summed E-state index contributed by atoms with van der Waals surface area (Å²) in [5, 5.41) is 20.0. The number of ether oxygens (including phenoxy) is 1. The molecule has 0 amide bonds. The fourth-order valence-electron chi connectivity index (χ4n) is 2.33. The predicted octanol–water partition coefficient (Wildman–Crippen LogP) is -0.653. The van der Waals surface area contributed by atoms with E-state index in [0.717, 1.165) is 0 Å². The number of aliphatic hydroxyl groups excluding tert-OH is 2. The molecular formula is C10H12ClN5O6P+. The predicted molar refractivity (Wildman–Crippen MR) is 76.4 cm³/mol. The molecule has 0 saturated carbocycles. The fourth-order valence-corrected chi connectivity index (χ4v) is 2.78. The van der Waals surface area contributed by atoms with Crippen LogP contribution in [0, 0.1) is 0 Å². The van der Waals surface area contributed by atoms with Crippen molar-refractivity contribution in [2.24, 2.45) is 0 Å². The van der Waals surface area contributed by atoms with Crippen LogP contribution in [0.2, 0.25) is 5.28 Å². The van der Waals surface area contributed by atoms with Gasteiger partial charge in [-0.2, -0.15) is 9.97 Å². The Morgan fingerprint density at radius 3 is 2.87 bits per heavy atom. The highest BCUT2D eigenvalue weighted by Gasteiger charge is 2.45. The smallest absolute Gasteiger partial charge is 0.387 e. The molecule has 0 radical (unpaired) electrons. The number of aliphatic hydroxyl groups is 2. The van der Waals surface area contributed by atoms with Crippen molar-refractivity contribution < 1.29 is 28.9 Å². The summed E-state index contributed by atoms with van der Waals surface area (Å²) in [6.45, 7) is -0.370. The maximum atomic E-state index is 10.6. The molecule has 5 atom stereocenters. The van der Waals surface area contributed by atoms with Gasteiger partial charge in [-0.3, -0.25) is 4.57 Å². The Morgan fingerprint density at radius 1 is 1.43 bits per heavy atom. The van der Waals surface area contributed by atoms with E-state index in [4.69, 9.17) is 27.0 Å². The van der Waals surface area contributed by atoms with Crippen LogP contribution in [0.3, 0.4) is 0 Å². The molecule has 1 aliphatic heterocycles. The highest BCUT2D eigenvalue weighted by molar-refractivity contribution is 7.32. The Bertz CT molecular complexity index is 759. The Hall–Kier alpha value is -1.46. The van der Waals surface area contributed by atoms with Crippen LogP contribution in [0.4, 0.5) is 5.82 Å². The van der Waals surface area contributed by atoms with Gasteiger partial charge in [0.25, 0.3) is 0 Å². The molecule has 1 aliphatic rings. The Kier molecular flexibility index (Phi) is 4.43. The lowest BCUT2D eigenvalue weighted by Crippen LogP contribution is -2.33. The highest BCUT2D eigenvalue weighted by atomic mass is 35.5. The average molecular weight is 365 g/mol. The van der Waals surface area contributed by atoms with Gasteiger partial charge >= 0.3 is 8.25 Å². The van der Waals surface area contributed by atoms with Crippen molar-refractivity contribution in [3.05, 3.63) is 11.6 Å². The van der Waals surface area contributed by atoms with E-state index < -0.39 is 32.8 Å². The van der Waals surface area contributed by atoms with E-state index in [1.54, 1.807) is 0 Å². The topological polar surface area (TPSA) is 166 Å². The molecule has 124 valence electrons. The number of rotatable bonds is 4. The quantitative estimate of drug-likeness (QED) is 0.404. The molecule has 0 spiro atoms. The number of fused-ring (bicyclic) bond motifs is 1. The first-order valence-corrected chi connectivity index (χ1v) is 7.85. The monoisotopic (exact) mass is 364 g/mol. The first-order chi connectivity index (χ1) is 10.9. The maximum Gasteiger partial charge on any atom is 0.694 e. The number of anilines is 1. The second-order valence-electron chi connectivity index (χ2n) is 4.78. The van der Waals surface area contributed by atoms with Crippen LogP contribution in [0.25, 0.3) is 11.2 Å².